The smallest absolute Gasteiger partial charge is 0.221 e. The molecule has 0 aliphatic heterocycles. The number of hydrogen-bond acceptors (Lipinski definition) is 4. The van der Waals surface area contributed by atoms with Gasteiger partial charge in [0.05, 0.1) is 6.42 Å². The van der Waals surface area contributed by atoms with Gasteiger partial charge in [-0.15, -0.1) is 0 Å². The summed E-state index contributed by atoms with van der Waals surface area (Å²) in [5.41, 5.74) is 7.45. The molecule has 5 N–H and O–H groups in total. The van der Waals surface area contributed by atoms with Gasteiger partial charge < -0.3 is 21.3 Å². The molecular formula is C15H16N2O3. The van der Waals surface area contributed by atoms with E-state index in [-0.39, 0.29) is 17.9 Å². The number of anilines is 1. The number of phenolic OH excluding ortho intramolecular Hbond substituents is 2. The van der Waals surface area contributed by atoms with Crippen LogP contribution in [0.2, 0.25) is 0 Å². The topological polar surface area (TPSA) is 95.6 Å². The van der Waals surface area contributed by atoms with Gasteiger partial charge in [-0.25, -0.2) is 0 Å². The highest BCUT2D eigenvalue weighted by atomic mass is 16.3. The van der Waals surface area contributed by atoms with Crippen LogP contribution in [-0.4, -0.2) is 16.1 Å². The molecule has 104 valence electrons. The standard InChI is InChI=1S/C15H16N2O3/c16-15(20)7-10-3-1-2-4-13(10)17-9-11-5-6-12(18)8-14(11)19/h1-6,8,17-19H,7,9H2,(H2,16,20). The minimum absolute atomic E-state index is 0.0142. The summed E-state index contributed by atoms with van der Waals surface area (Å²) >= 11 is 0. The zero-order valence-corrected chi connectivity index (χ0v) is 10.8. The van der Waals surface area contributed by atoms with E-state index in [1.165, 1.54) is 12.1 Å². The largest absolute Gasteiger partial charge is 0.508 e. The maximum Gasteiger partial charge on any atom is 0.221 e. The highest BCUT2D eigenvalue weighted by Crippen LogP contribution is 2.24. The average molecular weight is 272 g/mol. The highest BCUT2D eigenvalue weighted by Gasteiger charge is 2.06. The van der Waals surface area contributed by atoms with Crippen molar-refractivity contribution in [3.05, 3.63) is 53.6 Å². The number of benzene rings is 2. The van der Waals surface area contributed by atoms with E-state index in [0.717, 1.165) is 11.3 Å². The molecule has 0 bridgehead atoms. The Hall–Kier alpha value is -2.69. The van der Waals surface area contributed by atoms with E-state index in [4.69, 9.17) is 5.73 Å². The first kappa shape index (κ1) is 13.7. The van der Waals surface area contributed by atoms with Crippen molar-refractivity contribution in [2.75, 3.05) is 5.32 Å². The fourth-order valence-corrected chi connectivity index (χ4v) is 1.93. The number of aromatic hydroxyl groups is 2. The summed E-state index contributed by atoms with van der Waals surface area (Å²) in [7, 11) is 0. The van der Waals surface area contributed by atoms with Crippen molar-refractivity contribution in [1.29, 1.82) is 0 Å². The molecule has 1 amide bonds. The number of nitrogens with two attached hydrogens (primary N) is 1. The lowest BCUT2D eigenvalue weighted by molar-refractivity contribution is -0.117. The quantitative estimate of drug-likeness (QED) is 0.666. The summed E-state index contributed by atoms with van der Waals surface area (Å²) in [5.74, 6) is -0.364. The van der Waals surface area contributed by atoms with Gasteiger partial charge >= 0.3 is 0 Å². The number of carbonyl (C=O) groups is 1. The van der Waals surface area contributed by atoms with Gasteiger partial charge in [-0.2, -0.15) is 0 Å². The molecule has 0 saturated heterocycles. The Morgan fingerprint density at radius 1 is 1.10 bits per heavy atom. The van der Waals surface area contributed by atoms with Gasteiger partial charge in [-0.3, -0.25) is 4.79 Å². The Bertz CT molecular complexity index is 626. The van der Waals surface area contributed by atoms with Gasteiger partial charge in [0.1, 0.15) is 11.5 Å². The molecule has 0 spiro atoms. The second-order valence-electron chi connectivity index (χ2n) is 4.47. The predicted molar refractivity (Wildman–Crippen MR) is 76.4 cm³/mol. The van der Waals surface area contributed by atoms with Crippen LogP contribution in [0.4, 0.5) is 5.69 Å². The summed E-state index contributed by atoms with van der Waals surface area (Å²) in [5, 5.41) is 22.1. The minimum Gasteiger partial charge on any atom is -0.508 e. The van der Waals surface area contributed by atoms with Crippen molar-refractivity contribution in [3.8, 4) is 11.5 Å². The maximum atomic E-state index is 11.0. The molecule has 0 aliphatic carbocycles. The summed E-state index contributed by atoms with van der Waals surface area (Å²) in [6.07, 6.45) is 0.157. The van der Waals surface area contributed by atoms with Crippen molar-refractivity contribution in [2.45, 2.75) is 13.0 Å². The van der Waals surface area contributed by atoms with E-state index in [1.54, 1.807) is 6.07 Å². The molecule has 2 aromatic rings. The van der Waals surface area contributed by atoms with Gasteiger partial charge in [0.15, 0.2) is 0 Å². The number of hydrogen-bond donors (Lipinski definition) is 4. The Morgan fingerprint density at radius 3 is 2.55 bits per heavy atom. The van der Waals surface area contributed by atoms with Crippen LogP contribution in [0.25, 0.3) is 0 Å². The lowest BCUT2D eigenvalue weighted by Gasteiger charge is -2.12. The number of amides is 1. The van der Waals surface area contributed by atoms with Crippen molar-refractivity contribution >= 4 is 11.6 Å². The van der Waals surface area contributed by atoms with Crippen molar-refractivity contribution in [3.63, 3.8) is 0 Å². The van der Waals surface area contributed by atoms with E-state index < -0.39 is 5.91 Å². The molecule has 0 heterocycles. The van der Waals surface area contributed by atoms with Crippen LogP contribution in [0.15, 0.2) is 42.5 Å². The molecule has 0 aliphatic rings. The van der Waals surface area contributed by atoms with Crippen LogP contribution in [0.3, 0.4) is 0 Å². The fraction of sp³-hybridized carbons (Fsp3) is 0.133. The molecule has 5 nitrogen and oxygen atoms in total. The molecular weight excluding hydrogens is 256 g/mol. The number of para-hydroxylation sites is 1. The van der Waals surface area contributed by atoms with Gasteiger partial charge in [0.25, 0.3) is 0 Å². The third-order valence-electron chi connectivity index (χ3n) is 2.92. The molecule has 5 heteroatoms. The molecule has 0 fully saturated rings. The number of phenols is 2. The summed E-state index contributed by atoms with van der Waals surface area (Å²) in [6.45, 7) is 0.377. The Kier molecular flexibility index (Phi) is 4.10. The number of carbonyl (C=O) groups excluding carboxylic acids is 1. The monoisotopic (exact) mass is 272 g/mol. The Labute approximate surface area is 116 Å². The molecule has 2 aromatic carbocycles. The second kappa shape index (κ2) is 5.97. The van der Waals surface area contributed by atoms with Crippen LogP contribution in [0, 0.1) is 0 Å². The van der Waals surface area contributed by atoms with Crippen molar-refractivity contribution < 1.29 is 15.0 Å². The van der Waals surface area contributed by atoms with Crippen LogP contribution in [0.1, 0.15) is 11.1 Å². The normalized spacial score (nSPS) is 10.2. The van der Waals surface area contributed by atoms with Gasteiger partial charge in [-0.05, 0) is 23.8 Å². The molecule has 0 atom stereocenters. The van der Waals surface area contributed by atoms with Crippen LogP contribution in [-0.2, 0) is 17.8 Å². The highest BCUT2D eigenvalue weighted by molar-refractivity contribution is 5.78. The summed E-state index contributed by atoms with van der Waals surface area (Å²) < 4.78 is 0. The summed E-state index contributed by atoms with van der Waals surface area (Å²) in [6, 6.07) is 11.8. The number of rotatable bonds is 5. The van der Waals surface area contributed by atoms with E-state index >= 15 is 0 Å². The first-order valence-electron chi connectivity index (χ1n) is 6.17. The minimum atomic E-state index is -0.397. The second-order valence-corrected chi connectivity index (χ2v) is 4.47. The zero-order chi connectivity index (χ0) is 14.5. The number of nitrogens with one attached hydrogen (secondary N) is 1. The molecule has 0 saturated carbocycles. The van der Waals surface area contributed by atoms with Crippen molar-refractivity contribution in [1.82, 2.24) is 0 Å². The third kappa shape index (κ3) is 3.41. The summed E-state index contributed by atoms with van der Waals surface area (Å²) in [4.78, 5) is 11.0. The van der Waals surface area contributed by atoms with Gasteiger partial charge in [0.2, 0.25) is 5.91 Å². The van der Waals surface area contributed by atoms with Crippen LogP contribution in [0.5, 0.6) is 11.5 Å². The average Bonchev–Trinajstić information content (AvgIpc) is 2.39. The number of primary amides is 1. The molecule has 2 rings (SSSR count). The van der Waals surface area contributed by atoms with Crippen molar-refractivity contribution in [2.24, 2.45) is 5.73 Å². The molecule has 0 unspecified atom stereocenters. The maximum absolute atomic E-state index is 11.0. The van der Waals surface area contributed by atoms with Gasteiger partial charge in [0, 0.05) is 23.9 Å². The van der Waals surface area contributed by atoms with Crippen LogP contribution >= 0.6 is 0 Å². The first-order valence-corrected chi connectivity index (χ1v) is 6.17. The molecule has 20 heavy (non-hydrogen) atoms. The van der Waals surface area contributed by atoms with Crippen LogP contribution < -0.4 is 11.1 Å². The molecule has 0 radical (unpaired) electrons. The zero-order valence-electron chi connectivity index (χ0n) is 10.8. The van der Waals surface area contributed by atoms with E-state index in [9.17, 15) is 15.0 Å². The van der Waals surface area contributed by atoms with Gasteiger partial charge in [-0.1, -0.05) is 18.2 Å². The lowest BCUT2D eigenvalue weighted by atomic mass is 10.1. The molecule has 0 aromatic heterocycles. The lowest BCUT2D eigenvalue weighted by Crippen LogP contribution is -2.15. The Morgan fingerprint density at radius 2 is 1.85 bits per heavy atom. The first-order chi connectivity index (χ1) is 9.56. The third-order valence-corrected chi connectivity index (χ3v) is 2.92. The SMILES string of the molecule is NC(=O)Cc1ccccc1NCc1ccc(O)cc1O. The predicted octanol–water partition coefficient (Wildman–Crippen LogP) is 1.74. The Balaban J connectivity index is 2.12. The van der Waals surface area contributed by atoms with E-state index in [1.807, 2.05) is 24.3 Å². The van der Waals surface area contributed by atoms with E-state index in [0.29, 0.717) is 12.1 Å². The van der Waals surface area contributed by atoms with E-state index in [2.05, 4.69) is 5.32 Å². The fourth-order valence-electron chi connectivity index (χ4n) is 1.93.